The third-order valence-electron chi connectivity index (χ3n) is 3.68. The van der Waals surface area contributed by atoms with Gasteiger partial charge in [0, 0.05) is 17.0 Å². The second-order valence-corrected chi connectivity index (χ2v) is 5.45. The van der Waals surface area contributed by atoms with E-state index in [0.717, 1.165) is 11.3 Å². The van der Waals surface area contributed by atoms with Crippen LogP contribution in [0.15, 0.2) is 36.4 Å². The normalized spacial score (nSPS) is 21.9. The Labute approximate surface area is 101 Å². The molecule has 2 aromatic rings. The first-order valence-corrected chi connectivity index (χ1v) is 6.00. The largest absolute Gasteiger partial charge is 0.493 e. The number of hydrogen-bond donors (Lipinski definition) is 1. The molecule has 0 saturated heterocycles. The summed E-state index contributed by atoms with van der Waals surface area (Å²) in [6.45, 7) is 4.99. The van der Waals surface area contributed by atoms with Crippen molar-refractivity contribution in [3.8, 4) is 5.75 Å². The Kier molecular flexibility index (Phi) is 2.17. The molecule has 17 heavy (non-hydrogen) atoms. The number of benzene rings is 2. The predicted octanol–water partition coefficient (Wildman–Crippen LogP) is 3.26. The minimum Gasteiger partial charge on any atom is -0.493 e. The summed E-state index contributed by atoms with van der Waals surface area (Å²) in [7, 11) is 0. The molecule has 1 unspecified atom stereocenters. The van der Waals surface area contributed by atoms with Crippen LogP contribution < -0.4 is 10.5 Å². The maximum atomic E-state index is 6.41. The van der Waals surface area contributed by atoms with Gasteiger partial charge in [0.05, 0.1) is 6.61 Å². The molecule has 0 aliphatic carbocycles. The Balaban J connectivity index is 2.31. The van der Waals surface area contributed by atoms with Crippen LogP contribution in [0, 0.1) is 5.41 Å². The summed E-state index contributed by atoms with van der Waals surface area (Å²) in [5, 5.41) is 2.44. The predicted molar refractivity (Wildman–Crippen MR) is 70.2 cm³/mol. The highest BCUT2D eigenvalue weighted by molar-refractivity contribution is 5.88. The fourth-order valence-electron chi connectivity index (χ4n) is 2.47. The molecule has 0 bridgehead atoms. The first-order valence-electron chi connectivity index (χ1n) is 6.00. The zero-order valence-corrected chi connectivity index (χ0v) is 10.2. The number of nitrogens with two attached hydrogens (primary N) is 1. The lowest BCUT2D eigenvalue weighted by Crippen LogP contribution is -2.38. The van der Waals surface area contributed by atoms with E-state index in [1.165, 1.54) is 10.8 Å². The first-order chi connectivity index (χ1) is 8.09. The molecule has 0 amide bonds. The molecule has 1 atom stereocenters. The summed E-state index contributed by atoms with van der Waals surface area (Å²) in [6, 6.07) is 12.5. The molecular weight excluding hydrogens is 210 g/mol. The van der Waals surface area contributed by atoms with E-state index in [-0.39, 0.29) is 11.5 Å². The highest BCUT2D eigenvalue weighted by atomic mass is 16.5. The Morgan fingerprint density at radius 1 is 1.18 bits per heavy atom. The van der Waals surface area contributed by atoms with Crippen molar-refractivity contribution in [2.75, 3.05) is 6.61 Å². The number of rotatable bonds is 0. The third-order valence-corrected chi connectivity index (χ3v) is 3.68. The second-order valence-electron chi connectivity index (χ2n) is 5.45. The molecule has 1 aliphatic heterocycles. The molecule has 2 N–H and O–H groups in total. The van der Waals surface area contributed by atoms with Gasteiger partial charge in [0.2, 0.25) is 0 Å². The van der Waals surface area contributed by atoms with E-state index in [9.17, 15) is 0 Å². The van der Waals surface area contributed by atoms with Crippen molar-refractivity contribution in [2.45, 2.75) is 19.9 Å². The first kappa shape index (κ1) is 10.6. The average molecular weight is 227 g/mol. The highest BCUT2D eigenvalue weighted by Gasteiger charge is 2.35. The quantitative estimate of drug-likeness (QED) is 0.749. The minimum absolute atomic E-state index is 0.0167. The van der Waals surface area contributed by atoms with E-state index < -0.39 is 0 Å². The molecule has 2 nitrogen and oxygen atoms in total. The van der Waals surface area contributed by atoms with E-state index in [2.05, 4.69) is 44.2 Å². The minimum atomic E-state index is -0.0167. The lowest BCUT2D eigenvalue weighted by atomic mass is 9.78. The molecule has 88 valence electrons. The van der Waals surface area contributed by atoms with E-state index in [1.54, 1.807) is 0 Å². The lowest BCUT2D eigenvalue weighted by molar-refractivity contribution is 0.124. The van der Waals surface area contributed by atoms with Gasteiger partial charge in [0.1, 0.15) is 5.75 Å². The van der Waals surface area contributed by atoms with E-state index in [1.807, 2.05) is 6.07 Å². The van der Waals surface area contributed by atoms with Crippen LogP contribution in [-0.4, -0.2) is 6.61 Å². The van der Waals surface area contributed by atoms with Gasteiger partial charge < -0.3 is 10.5 Å². The van der Waals surface area contributed by atoms with Gasteiger partial charge in [0.25, 0.3) is 0 Å². The van der Waals surface area contributed by atoms with E-state index in [0.29, 0.717) is 6.61 Å². The van der Waals surface area contributed by atoms with Gasteiger partial charge in [-0.15, -0.1) is 0 Å². The fraction of sp³-hybridized carbons (Fsp3) is 0.333. The van der Waals surface area contributed by atoms with Crippen molar-refractivity contribution in [1.82, 2.24) is 0 Å². The van der Waals surface area contributed by atoms with Crippen LogP contribution in [-0.2, 0) is 0 Å². The summed E-state index contributed by atoms with van der Waals surface area (Å²) >= 11 is 0. The van der Waals surface area contributed by atoms with E-state index >= 15 is 0 Å². The van der Waals surface area contributed by atoms with Gasteiger partial charge in [-0.05, 0) is 16.8 Å². The monoisotopic (exact) mass is 227 g/mol. The molecule has 0 fully saturated rings. The third kappa shape index (κ3) is 1.52. The summed E-state index contributed by atoms with van der Waals surface area (Å²) in [5.41, 5.74) is 7.55. The van der Waals surface area contributed by atoms with Gasteiger partial charge in [-0.25, -0.2) is 0 Å². The van der Waals surface area contributed by atoms with Crippen molar-refractivity contribution < 1.29 is 4.74 Å². The summed E-state index contributed by atoms with van der Waals surface area (Å²) in [4.78, 5) is 0. The molecule has 0 aromatic heterocycles. The molecule has 2 heteroatoms. The van der Waals surface area contributed by atoms with Gasteiger partial charge in [-0.1, -0.05) is 44.2 Å². The smallest absolute Gasteiger partial charge is 0.124 e. The Hall–Kier alpha value is -1.54. The van der Waals surface area contributed by atoms with Crippen LogP contribution >= 0.6 is 0 Å². The highest BCUT2D eigenvalue weighted by Crippen LogP contribution is 2.44. The van der Waals surface area contributed by atoms with E-state index in [4.69, 9.17) is 10.5 Å². The Morgan fingerprint density at radius 2 is 1.94 bits per heavy atom. The fourth-order valence-corrected chi connectivity index (χ4v) is 2.47. The average Bonchev–Trinajstić information content (AvgIpc) is 2.33. The van der Waals surface area contributed by atoms with Crippen LogP contribution in [0.5, 0.6) is 5.75 Å². The molecule has 1 aliphatic rings. The number of hydrogen-bond acceptors (Lipinski definition) is 2. The second kappa shape index (κ2) is 3.47. The van der Waals surface area contributed by atoms with Crippen molar-refractivity contribution >= 4 is 10.8 Å². The summed E-state index contributed by atoms with van der Waals surface area (Å²) in [5.74, 6) is 0.940. The standard InChI is InChI=1S/C15H17NO/c1-15(2)9-17-12-8-7-10-5-3-4-6-11(10)13(12)14(15)16/h3-8,14H,9,16H2,1-2H3. The number of ether oxygens (including phenoxy) is 1. The van der Waals surface area contributed by atoms with Crippen LogP contribution in [0.2, 0.25) is 0 Å². The Bertz CT molecular complexity index is 574. The Morgan fingerprint density at radius 3 is 2.76 bits per heavy atom. The van der Waals surface area contributed by atoms with Gasteiger partial charge in [-0.3, -0.25) is 0 Å². The maximum absolute atomic E-state index is 6.41. The van der Waals surface area contributed by atoms with Crippen LogP contribution in [0.4, 0.5) is 0 Å². The molecule has 0 saturated carbocycles. The molecule has 2 aromatic carbocycles. The maximum Gasteiger partial charge on any atom is 0.124 e. The SMILES string of the molecule is CC1(C)COc2ccc3ccccc3c2C1N. The van der Waals surface area contributed by atoms with Crippen LogP contribution in [0.1, 0.15) is 25.5 Å². The van der Waals surface area contributed by atoms with Crippen molar-refractivity contribution in [3.05, 3.63) is 42.0 Å². The van der Waals surface area contributed by atoms with Crippen molar-refractivity contribution in [1.29, 1.82) is 0 Å². The van der Waals surface area contributed by atoms with Gasteiger partial charge in [-0.2, -0.15) is 0 Å². The van der Waals surface area contributed by atoms with Gasteiger partial charge >= 0.3 is 0 Å². The molecule has 0 spiro atoms. The molecular formula is C15H17NO. The van der Waals surface area contributed by atoms with Crippen LogP contribution in [0.25, 0.3) is 10.8 Å². The topological polar surface area (TPSA) is 35.2 Å². The number of fused-ring (bicyclic) bond motifs is 3. The molecule has 0 radical (unpaired) electrons. The summed E-state index contributed by atoms with van der Waals surface area (Å²) in [6.07, 6.45) is 0. The summed E-state index contributed by atoms with van der Waals surface area (Å²) < 4.78 is 5.84. The molecule has 3 rings (SSSR count). The zero-order chi connectivity index (χ0) is 12.0. The van der Waals surface area contributed by atoms with Gasteiger partial charge in [0.15, 0.2) is 0 Å². The van der Waals surface area contributed by atoms with Crippen molar-refractivity contribution in [3.63, 3.8) is 0 Å². The zero-order valence-electron chi connectivity index (χ0n) is 10.2. The molecule has 1 heterocycles. The lowest BCUT2D eigenvalue weighted by Gasteiger charge is -2.38. The van der Waals surface area contributed by atoms with Crippen molar-refractivity contribution in [2.24, 2.45) is 11.1 Å². The van der Waals surface area contributed by atoms with Crippen LogP contribution in [0.3, 0.4) is 0 Å².